The predicted molar refractivity (Wildman–Crippen MR) is 276 cm³/mol. The highest BCUT2D eigenvalue weighted by molar-refractivity contribution is 8.00. The van der Waals surface area contributed by atoms with Gasteiger partial charge in [-0.15, -0.1) is 11.3 Å². The molecule has 3 amide bonds. The van der Waals surface area contributed by atoms with Gasteiger partial charge in [0.05, 0.1) is 35.1 Å². The number of anilines is 3. The Morgan fingerprint density at radius 2 is 1.74 bits per heavy atom. The molecule has 2 aliphatic carbocycles. The van der Waals surface area contributed by atoms with E-state index in [-0.39, 0.29) is 31.2 Å². The number of aromatic nitrogens is 3. The van der Waals surface area contributed by atoms with Gasteiger partial charge < -0.3 is 40.6 Å². The fraction of sp³-hybridized carbons (Fsp3) is 0.549. The molecule has 4 fully saturated rings. The maximum Gasteiger partial charge on any atom is 0.258 e. The second-order valence-corrected chi connectivity index (χ2v) is 22.8. The lowest BCUT2D eigenvalue weighted by atomic mass is 9.82. The van der Waals surface area contributed by atoms with E-state index < -0.39 is 27.9 Å². The van der Waals surface area contributed by atoms with Crippen molar-refractivity contribution >= 4 is 76.2 Å². The molecule has 376 valence electrons. The van der Waals surface area contributed by atoms with Gasteiger partial charge in [-0.3, -0.25) is 19.3 Å². The minimum absolute atomic E-state index is 0.0392. The number of aldehydes is 1. The Balaban J connectivity index is 0.809. The normalized spacial score (nSPS) is 21.8. The van der Waals surface area contributed by atoms with Gasteiger partial charge >= 0.3 is 0 Å². The third kappa shape index (κ3) is 11.9. The molecular weight excluding hydrogens is 951 g/mol. The quantitative estimate of drug-likeness (QED) is 0.0634. The van der Waals surface area contributed by atoms with Gasteiger partial charge in [0, 0.05) is 69.7 Å². The SMILES string of the molecule is CNc1nc(Nc2ccc(C(=O)N3CCN(CC4CCC(CSC(C)(C)[C@H](NC(=O)C5(F)CC5)C(=O)N5CCCC5(C=O)CNCc5ccc(-c6scnc6C)cc5)CC4)CC3)cc2OC)ncc1Cl. The number of ether oxygens (including phenoxy) is 1. The van der Waals surface area contributed by atoms with Crippen LogP contribution in [0.25, 0.3) is 10.4 Å². The number of benzene rings is 2. The van der Waals surface area contributed by atoms with Crippen LogP contribution in [0.2, 0.25) is 5.02 Å². The Labute approximate surface area is 423 Å². The molecule has 2 aromatic heterocycles. The number of nitrogens with zero attached hydrogens (tertiary/aromatic N) is 6. The average Bonchev–Trinajstić information content (AvgIpc) is 3.76. The molecule has 2 aliphatic heterocycles. The number of hydrogen-bond acceptors (Lipinski definition) is 14. The van der Waals surface area contributed by atoms with E-state index >= 15 is 4.39 Å². The van der Waals surface area contributed by atoms with Crippen molar-refractivity contribution in [1.29, 1.82) is 0 Å². The van der Waals surface area contributed by atoms with Crippen LogP contribution < -0.4 is 26.0 Å². The number of thioether (sulfide) groups is 1. The lowest BCUT2D eigenvalue weighted by molar-refractivity contribution is -0.144. The number of likely N-dealkylation sites (tertiary alicyclic amines) is 1. The fourth-order valence-electron chi connectivity index (χ4n) is 9.97. The number of halogens is 2. The Morgan fingerprint density at radius 3 is 2.40 bits per heavy atom. The maximum atomic E-state index is 15.2. The van der Waals surface area contributed by atoms with Crippen molar-refractivity contribution in [2.45, 2.75) is 101 Å². The van der Waals surface area contributed by atoms with E-state index in [1.165, 1.54) is 6.20 Å². The number of nitrogens with one attached hydrogen (secondary N) is 4. The summed E-state index contributed by atoms with van der Waals surface area (Å²) in [4.78, 5) is 74.8. The molecule has 70 heavy (non-hydrogen) atoms. The van der Waals surface area contributed by atoms with E-state index in [0.717, 1.165) is 79.1 Å². The molecule has 4 N–H and O–H groups in total. The third-order valence-corrected chi connectivity index (χ3v) is 17.4. The van der Waals surface area contributed by atoms with E-state index in [2.05, 4.69) is 65.4 Å². The summed E-state index contributed by atoms with van der Waals surface area (Å²) < 4.78 is 20.1. The third-order valence-electron chi connectivity index (χ3n) is 14.6. The topological polar surface area (TPSA) is 174 Å². The monoisotopic (exact) mass is 1020 g/mol. The number of aryl methyl sites for hydroxylation is 1. The van der Waals surface area contributed by atoms with Crippen molar-refractivity contribution in [3.63, 3.8) is 0 Å². The van der Waals surface area contributed by atoms with Gasteiger partial charge in [0.25, 0.3) is 11.8 Å². The molecule has 2 saturated carbocycles. The molecule has 2 saturated heterocycles. The van der Waals surface area contributed by atoms with E-state index in [1.807, 2.05) is 31.2 Å². The number of hydrogen-bond donors (Lipinski definition) is 4. The van der Waals surface area contributed by atoms with Crippen LogP contribution in [0.15, 0.2) is 54.2 Å². The van der Waals surface area contributed by atoms with Crippen molar-refractivity contribution in [3.8, 4) is 16.2 Å². The fourth-order valence-corrected chi connectivity index (χ4v) is 12.3. The molecule has 4 heterocycles. The van der Waals surface area contributed by atoms with Gasteiger partial charge in [0.2, 0.25) is 11.9 Å². The van der Waals surface area contributed by atoms with Gasteiger partial charge in [0.15, 0.2) is 5.67 Å². The highest BCUT2D eigenvalue weighted by Gasteiger charge is 2.55. The number of piperazine rings is 1. The van der Waals surface area contributed by atoms with Gasteiger partial charge in [0.1, 0.15) is 34.5 Å². The summed E-state index contributed by atoms with van der Waals surface area (Å²) in [7, 11) is 3.29. The summed E-state index contributed by atoms with van der Waals surface area (Å²) in [6, 6.07) is 12.6. The van der Waals surface area contributed by atoms with Crippen LogP contribution in [-0.4, -0.2) is 141 Å². The Hall–Kier alpha value is -4.88. The van der Waals surface area contributed by atoms with E-state index in [0.29, 0.717) is 84.6 Å². The molecule has 0 bridgehead atoms. The first-order chi connectivity index (χ1) is 33.6. The standard InChI is InChI=1S/C51H66ClFN10O5S2/c1-33-42(69-32-57-33)37-13-11-34(12-14-37)26-55-30-50(31-64)17-6-20-63(50)46(66)43(59-47(67)51(53)18-19-51)49(2,3)70-29-36-9-7-35(8-10-36)28-61-21-23-62(24-22-61)45(65)38-15-16-40(41(25-38)68-5)58-48-56-27-39(52)44(54-4)60-48/h11-16,25,27,31-32,35-36,43,55H,6-10,17-24,26,28-30H2,1-5H3,(H,59,67)(H2,54,56,58,60)/t35?,36?,43-,50?/m1/s1. The van der Waals surface area contributed by atoms with E-state index in [4.69, 9.17) is 16.3 Å². The highest BCUT2D eigenvalue weighted by atomic mass is 35.5. The molecule has 0 radical (unpaired) electrons. The van der Waals surface area contributed by atoms with Crippen LogP contribution in [0.5, 0.6) is 5.75 Å². The Kier molecular flexibility index (Phi) is 16.4. The number of amides is 3. The zero-order valence-corrected chi connectivity index (χ0v) is 43.2. The minimum Gasteiger partial charge on any atom is -0.495 e. The summed E-state index contributed by atoms with van der Waals surface area (Å²) in [5.41, 5.74) is 3.13. The largest absolute Gasteiger partial charge is 0.495 e. The Morgan fingerprint density at radius 1 is 1.01 bits per heavy atom. The Bertz CT molecular complexity index is 2500. The molecule has 1 unspecified atom stereocenters. The van der Waals surface area contributed by atoms with Crippen molar-refractivity contribution in [3.05, 3.63) is 76.0 Å². The van der Waals surface area contributed by atoms with Crippen LogP contribution in [0.4, 0.5) is 21.8 Å². The lowest BCUT2D eigenvalue weighted by Crippen LogP contribution is -2.64. The summed E-state index contributed by atoms with van der Waals surface area (Å²) >= 11 is 9.41. The molecule has 2 aromatic carbocycles. The van der Waals surface area contributed by atoms with Crippen LogP contribution in [0.1, 0.15) is 86.8 Å². The summed E-state index contributed by atoms with van der Waals surface area (Å²) in [6.45, 7) is 10.9. The van der Waals surface area contributed by atoms with Gasteiger partial charge in [-0.1, -0.05) is 35.9 Å². The average molecular weight is 1020 g/mol. The van der Waals surface area contributed by atoms with E-state index in [9.17, 15) is 19.2 Å². The molecule has 0 spiro atoms. The highest BCUT2D eigenvalue weighted by Crippen LogP contribution is 2.42. The molecule has 4 aromatic rings. The maximum absolute atomic E-state index is 15.2. The first kappa shape index (κ1) is 51.5. The molecule has 19 heteroatoms. The lowest BCUT2D eigenvalue weighted by Gasteiger charge is -2.42. The predicted octanol–water partition coefficient (Wildman–Crippen LogP) is 7.77. The van der Waals surface area contributed by atoms with Crippen molar-refractivity contribution < 1.29 is 28.3 Å². The first-order valence-corrected chi connectivity index (χ1v) is 26.7. The minimum atomic E-state index is -1.95. The molecule has 4 aliphatic rings. The molecule has 15 nitrogen and oxygen atoms in total. The molecular formula is C51H66ClFN10O5S2. The summed E-state index contributed by atoms with van der Waals surface area (Å²) in [5, 5.41) is 12.8. The summed E-state index contributed by atoms with van der Waals surface area (Å²) in [5.74, 6) is 2.00. The first-order valence-electron chi connectivity index (χ1n) is 24.4. The van der Waals surface area contributed by atoms with Crippen LogP contribution in [0, 0.1) is 18.8 Å². The smallest absolute Gasteiger partial charge is 0.258 e. The number of thiazole rings is 1. The second-order valence-electron chi connectivity index (χ2n) is 19.8. The zero-order chi connectivity index (χ0) is 49.6. The van der Waals surface area contributed by atoms with Crippen molar-refractivity contribution in [1.82, 2.24) is 40.3 Å². The zero-order valence-electron chi connectivity index (χ0n) is 40.8. The molecule has 8 rings (SSSR count). The number of alkyl halides is 1. The van der Waals surface area contributed by atoms with Crippen LogP contribution >= 0.6 is 34.7 Å². The van der Waals surface area contributed by atoms with Crippen LogP contribution in [0.3, 0.4) is 0 Å². The number of rotatable bonds is 20. The van der Waals surface area contributed by atoms with Crippen LogP contribution in [-0.2, 0) is 20.9 Å². The second kappa shape index (κ2) is 22.3. The van der Waals surface area contributed by atoms with Gasteiger partial charge in [-0.05, 0) is 119 Å². The number of methoxy groups -OCH3 is 1. The van der Waals surface area contributed by atoms with Gasteiger partial charge in [-0.25, -0.2) is 14.4 Å². The van der Waals surface area contributed by atoms with Crippen molar-refractivity contribution in [2.24, 2.45) is 11.8 Å². The van der Waals surface area contributed by atoms with Gasteiger partial charge in [-0.2, -0.15) is 16.7 Å². The van der Waals surface area contributed by atoms with E-state index in [1.54, 1.807) is 60.4 Å². The van der Waals surface area contributed by atoms with Crippen molar-refractivity contribution in [2.75, 3.05) is 76.4 Å². The summed E-state index contributed by atoms with van der Waals surface area (Å²) in [6.07, 6.45) is 8.11. The number of carbonyl (C=O) groups is 4. The molecule has 2 atom stereocenters. The number of carbonyl (C=O) groups excluding carboxylic acids is 4.